The first-order valence-corrected chi connectivity index (χ1v) is 7.52. The molecular weight excluding hydrogens is 325 g/mol. The average Bonchev–Trinajstić information content (AvgIpc) is 2.61. The van der Waals surface area contributed by atoms with Crippen LogP contribution in [0.25, 0.3) is 0 Å². The Labute approximate surface area is 104 Å². The Balaban J connectivity index is 2.49. The molecule has 0 aliphatic carbocycles. The molecule has 1 aromatic carbocycles. The third-order valence-electron chi connectivity index (χ3n) is 2.60. The SMILES string of the molecule is CCS(=O)(=O)N1CCc2ccc(I)cc21. The second-order valence-electron chi connectivity index (χ2n) is 3.50. The van der Waals surface area contributed by atoms with Crippen molar-refractivity contribution in [2.75, 3.05) is 16.6 Å². The van der Waals surface area contributed by atoms with Crippen LogP contribution in [0.5, 0.6) is 0 Å². The number of fused-ring (bicyclic) bond motifs is 1. The predicted octanol–water partition coefficient (Wildman–Crippen LogP) is 2.00. The highest BCUT2D eigenvalue weighted by Gasteiger charge is 2.27. The molecule has 0 spiro atoms. The van der Waals surface area contributed by atoms with Crippen molar-refractivity contribution in [1.82, 2.24) is 0 Å². The van der Waals surface area contributed by atoms with Crippen molar-refractivity contribution in [2.24, 2.45) is 0 Å². The third kappa shape index (κ3) is 1.99. The lowest BCUT2D eigenvalue weighted by Gasteiger charge is -2.18. The first-order chi connectivity index (χ1) is 7.04. The molecule has 0 N–H and O–H groups in total. The summed E-state index contributed by atoms with van der Waals surface area (Å²) < 4.78 is 26.2. The normalized spacial score (nSPS) is 15.5. The van der Waals surface area contributed by atoms with Crippen LogP contribution >= 0.6 is 22.6 Å². The topological polar surface area (TPSA) is 37.4 Å². The molecular formula is C10H12INO2S. The molecule has 5 heteroatoms. The Morgan fingerprint density at radius 2 is 2.20 bits per heavy atom. The summed E-state index contributed by atoms with van der Waals surface area (Å²) in [6.07, 6.45) is 0.825. The summed E-state index contributed by atoms with van der Waals surface area (Å²) >= 11 is 2.20. The van der Waals surface area contributed by atoms with Gasteiger partial charge in [-0.1, -0.05) is 6.07 Å². The molecule has 82 valence electrons. The fourth-order valence-electron chi connectivity index (χ4n) is 1.77. The van der Waals surface area contributed by atoms with Gasteiger partial charge in [0, 0.05) is 10.1 Å². The average molecular weight is 337 g/mol. The van der Waals surface area contributed by atoms with E-state index in [-0.39, 0.29) is 5.75 Å². The van der Waals surface area contributed by atoms with Gasteiger partial charge < -0.3 is 0 Å². The van der Waals surface area contributed by atoms with Gasteiger partial charge >= 0.3 is 0 Å². The zero-order valence-corrected chi connectivity index (χ0v) is 11.4. The van der Waals surface area contributed by atoms with Gasteiger partial charge in [-0.25, -0.2) is 8.42 Å². The van der Waals surface area contributed by atoms with Crippen molar-refractivity contribution in [3.8, 4) is 0 Å². The Morgan fingerprint density at radius 3 is 2.87 bits per heavy atom. The quantitative estimate of drug-likeness (QED) is 0.774. The molecule has 0 atom stereocenters. The summed E-state index contributed by atoms with van der Waals surface area (Å²) in [4.78, 5) is 0. The maximum Gasteiger partial charge on any atom is 0.234 e. The maximum atomic E-state index is 11.8. The summed E-state index contributed by atoms with van der Waals surface area (Å²) in [6, 6.07) is 5.97. The van der Waals surface area contributed by atoms with Crippen molar-refractivity contribution in [3.05, 3.63) is 27.3 Å². The Kier molecular flexibility index (Phi) is 2.94. The van der Waals surface area contributed by atoms with Gasteiger partial charge in [0.25, 0.3) is 0 Å². The number of rotatable bonds is 2. The molecule has 0 saturated heterocycles. The number of halogens is 1. The Morgan fingerprint density at radius 1 is 1.47 bits per heavy atom. The lowest BCUT2D eigenvalue weighted by Crippen LogP contribution is -2.30. The highest BCUT2D eigenvalue weighted by atomic mass is 127. The third-order valence-corrected chi connectivity index (χ3v) is 5.05. The van der Waals surface area contributed by atoms with Gasteiger partial charge in [0.15, 0.2) is 0 Å². The van der Waals surface area contributed by atoms with Crippen molar-refractivity contribution in [1.29, 1.82) is 0 Å². The van der Waals surface area contributed by atoms with E-state index in [1.165, 1.54) is 4.31 Å². The molecule has 1 aliphatic rings. The summed E-state index contributed by atoms with van der Waals surface area (Å²) in [6.45, 7) is 2.27. The van der Waals surface area contributed by atoms with E-state index in [1.54, 1.807) is 6.92 Å². The highest BCUT2D eigenvalue weighted by Crippen LogP contribution is 2.31. The van der Waals surface area contributed by atoms with Crippen LogP contribution in [0.1, 0.15) is 12.5 Å². The highest BCUT2D eigenvalue weighted by molar-refractivity contribution is 14.1. The minimum Gasteiger partial charge on any atom is -0.270 e. The fraction of sp³-hybridized carbons (Fsp3) is 0.400. The summed E-state index contributed by atoms with van der Waals surface area (Å²) in [5, 5.41) is 0. The second kappa shape index (κ2) is 3.93. The van der Waals surface area contributed by atoms with Crippen molar-refractivity contribution >= 4 is 38.3 Å². The smallest absolute Gasteiger partial charge is 0.234 e. The lowest BCUT2D eigenvalue weighted by molar-refractivity contribution is 0.593. The zero-order valence-electron chi connectivity index (χ0n) is 8.40. The summed E-state index contributed by atoms with van der Waals surface area (Å²) in [7, 11) is -3.10. The molecule has 2 rings (SSSR count). The molecule has 0 saturated carbocycles. The molecule has 1 heterocycles. The summed E-state index contributed by atoms with van der Waals surface area (Å²) in [5.41, 5.74) is 2.00. The predicted molar refractivity (Wildman–Crippen MR) is 69.7 cm³/mol. The number of hydrogen-bond acceptors (Lipinski definition) is 2. The maximum absolute atomic E-state index is 11.8. The zero-order chi connectivity index (χ0) is 11.1. The van der Waals surface area contributed by atoms with Gasteiger partial charge in [-0.3, -0.25) is 4.31 Å². The van der Waals surface area contributed by atoms with Gasteiger partial charge in [-0.15, -0.1) is 0 Å². The Bertz CT molecular complexity index is 484. The number of nitrogens with zero attached hydrogens (tertiary/aromatic N) is 1. The van der Waals surface area contributed by atoms with Crippen LogP contribution in [0.2, 0.25) is 0 Å². The second-order valence-corrected chi connectivity index (χ2v) is 6.92. The van der Waals surface area contributed by atoms with E-state index in [0.717, 1.165) is 21.2 Å². The van der Waals surface area contributed by atoms with Crippen LogP contribution < -0.4 is 4.31 Å². The number of benzene rings is 1. The van der Waals surface area contributed by atoms with Crippen LogP contribution in [-0.4, -0.2) is 20.7 Å². The molecule has 15 heavy (non-hydrogen) atoms. The van der Waals surface area contributed by atoms with Crippen LogP contribution in [0.3, 0.4) is 0 Å². The number of hydrogen-bond donors (Lipinski definition) is 0. The van der Waals surface area contributed by atoms with E-state index >= 15 is 0 Å². The molecule has 1 aliphatic heterocycles. The van der Waals surface area contributed by atoms with Crippen molar-refractivity contribution in [3.63, 3.8) is 0 Å². The van der Waals surface area contributed by atoms with Crippen LogP contribution in [0.4, 0.5) is 5.69 Å². The van der Waals surface area contributed by atoms with Gasteiger partial charge in [-0.05, 0) is 53.6 Å². The van der Waals surface area contributed by atoms with Crippen LogP contribution in [0.15, 0.2) is 18.2 Å². The van der Waals surface area contributed by atoms with E-state index in [1.807, 2.05) is 18.2 Å². The minimum absolute atomic E-state index is 0.165. The molecule has 0 radical (unpaired) electrons. The number of anilines is 1. The van der Waals surface area contributed by atoms with E-state index in [9.17, 15) is 8.42 Å². The number of sulfonamides is 1. The van der Waals surface area contributed by atoms with Crippen molar-refractivity contribution in [2.45, 2.75) is 13.3 Å². The molecule has 0 aromatic heterocycles. The van der Waals surface area contributed by atoms with E-state index in [0.29, 0.717) is 6.54 Å². The standard InChI is InChI=1S/C10H12INO2S/c1-2-15(13,14)12-6-5-8-3-4-9(11)7-10(8)12/h3-4,7H,2,5-6H2,1H3. The molecule has 0 bridgehead atoms. The monoisotopic (exact) mass is 337 g/mol. The summed E-state index contributed by atoms with van der Waals surface area (Å²) in [5.74, 6) is 0.165. The van der Waals surface area contributed by atoms with Gasteiger partial charge in [-0.2, -0.15) is 0 Å². The van der Waals surface area contributed by atoms with E-state index < -0.39 is 10.0 Å². The van der Waals surface area contributed by atoms with Gasteiger partial charge in [0.1, 0.15) is 0 Å². The molecule has 0 amide bonds. The molecule has 1 aromatic rings. The van der Waals surface area contributed by atoms with E-state index in [4.69, 9.17) is 0 Å². The van der Waals surface area contributed by atoms with Crippen LogP contribution in [0, 0.1) is 3.57 Å². The molecule has 0 unspecified atom stereocenters. The van der Waals surface area contributed by atoms with Gasteiger partial charge in [0.05, 0.1) is 11.4 Å². The fourth-order valence-corrected chi connectivity index (χ4v) is 3.39. The molecule has 3 nitrogen and oxygen atoms in total. The lowest BCUT2D eigenvalue weighted by atomic mass is 10.2. The largest absolute Gasteiger partial charge is 0.270 e. The minimum atomic E-state index is -3.10. The first kappa shape index (κ1) is 11.2. The van der Waals surface area contributed by atoms with Crippen molar-refractivity contribution < 1.29 is 8.42 Å². The molecule has 0 fully saturated rings. The Hall–Kier alpha value is -0.300. The first-order valence-electron chi connectivity index (χ1n) is 4.83. The van der Waals surface area contributed by atoms with Crippen LogP contribution in [-0.2, 0) is 16.4 Å². The van der Waals surface area contributed by atoms with E-state index in [2.05, 4.69) is 22.6 Å². The van der Waals surface area contributed by atoms with Gasteiger partial charge in [0.2, 0.25) is 10.0 Å².